The van der Waals surface area contributed by atoms with E-state index in [0.29, 0.717) is 5.69 Å². The highest BCUT2D eigenvalue weighted by atomic mass is 16.6. The highest BCUT2D eigenvalue weighted by molar-refractivity contribution is 5.90. The Hall–Kier alpha value is -3.69. The number of benzene rings is 1. The molecule has 1 atom stereocenters. The number of non-ortho nitro benzene ring substituents is 1. The second-order valence-corrected chi connectivity index (χ2v) is 5.55. The number of nitro groups is 1. The first-order valence-corrected chi connectivity index (χ1v) is 7.21. The smallest absolute Gasteiger partial charge is 0.331 e. The molecular formula is C16H17N3O7. The highest BCUT2D eigenvalue weighted by Gasteiger charge is 2.34. The molecule has 138 valence electrons. The Morgan fingerprint density at radius 2 is 1.81 bits per heavy atom. The number of nitro benzene ring substituents is 1. The maximum absolute atomic E-state index is 10.8. The highest BCUT2D eigenvalue weighted by Crippen LogP contribution is 2.31. The first kappa shape index (κ1) is 20.4. The Labute approximate surface area is 147 Å². The summed E-state index contributed by atoms with van der Waals surface area (Å²) in [5, 5.41) is 30.0. The van der Waals surface area contributed by atoms with Gasteiger partial charge < -0.3 is 21.3 Å². The van der Waals surface area contributed by atoms with E-state index in [4.69, 9.17) is 15.9 Å². The van der Waals surface area contributed by atoms with Crippen molar-refractivity contribution in [1.29, 1.82) is 0 Å². The summed E-state index contributed by atoms with van der Waals surface area (Å²) in [5.41, 5.74) is 4.29. The molecule has 1 aromatic carbocycles. The van der Waals surface area contributed by atoms with Gasteiger partial charge in [-0.05, 0) is 25.5 Å². The molecule has 0 radical (unpaired) electrons. The molecular weight excluding hydrogens is 346 g/mol. The molecule has 26 heavy (non-hydrogen) atoms. The number of rotatable bonds is 4. The first-order valence-electron chi connectivity index (χ1n) is 7.21. The number of carboxylic acid groups (broad SMARTS) is 2. The van der Waals surface area contributed by atoms with Crippen LogP contribution in [0.15, 0.2) is 48.1 Å². The van der Waals surface area contributed by atoms with Gasteiger partial charge in [-0.25, -0.2) is 9.59 Å². The number of urea groups is 1. The van der Waals surface area contributed by atoms with Crippen molar-refractivity contribution in [3.8, 4) is 0 Å². The molecule has 0 aromatic heterocycles. The Kier molecular flexibility index (Phi) is 6.59. The van der Waals surface area contributed by atoms with Crippen LogP contribution in [0.5, 0.6) is 0 Å². The van der Waals surface area contributed by atoms with Crippen molar-refractivity contribution in [3.05, 3.63) is 58.2 Å². The van der Waals surface area contributed by atoms with Crippen LogP contribution in [0, 0.1) is 15.5 Å². The van der Waals surface area contributed by atoms with Crippen LogP contribution < -0.4 is 11.1 Å². The van der Waals surface area contributed by atoms with Crippen molar-refractivity contribution in [3.63, 3.8) is 0 Å². The minimum Gasteiger partial charge on any atom is -0.481 e. The summed E-state index contributed by atoms with van der Waals surface area (Å²) in [6.07, 6.45) is 4.43. The number of anilines is 1. The van der Waals surface area contributed by atoms with Crippen molar-refractivity contribution >= 4 is 29.3 Å². The van der Waals surface area contributed by atoms with Crippen molar-refractivity contribution in [2.24, 2.45) is 11.1 Å². The molecule has 2 amide bonds. The van der Waals surface area contributed by atoms with Crippen LogP contribution in [-0.2, 0) is 9.59 Å². The minimum absolute atomic E-state index is 0.0324. The van der Waals surface area contributed by atoms with E-state index in [9.17, 15) is 24.5 Å². The largest absolute Gasteiger partial charge is 0.481 e. The Balaban J connectivity index is 0.000000260. The molecule has 0 aliphatic heterocycles. The predicted molar refractivity (Wildman–Crippen MR) is 91.5 cm³/mol. The summed E-state index contributed by atoms with van der Waals surface area (Å²) in [4.78, 5) is 41.4. The second kappa shape index (κ2) is 8.42. The van der Waals surface area contributed by atoms with Gasteiger partial charge in [0.05, 0.1) is 10.3 Å². The molecule has 0 heterocycles. The molecule has 0 bridgehead atoms. The quantitative estimate of drug-likeness (QED) is 0.468. The van der Waals surface area contributed by atoms with Crippen molar-refractivity contribution < 1.29 is 29.5 Å². The summed E-state index contributed by atoms with van der Waals surface area (Å²) in [5.74, 6) is -2.06. The molecule has 1 aromatic rings. The minimum atomic E-state index is -1.08. The van der Waals surface area contributed by atoms with Crippen LogP contribution in [0.3, 0.4) is 0 Å². The molecule has 0 saturated carbocycles. The van der Waals surface area contributed by atoms with Crippen LogP contribution in [0.4, 0.5) is 16.2 Å². The first-order chi connectivity index (χ1) is 12.0. The number of nitrogens with two attached hydrogens (primary N) is 1. The van der Waals surface area contributed by atoms with Gasteiger partial charge >= 0.3 is 18.0 Å². The zero-order valence-electron chi connectivity index (χ0n) is 13.7. The van der Waals surface area contributed by atoms with Gasteiger partial charge in [-0.15, -0.1) is 0 Å². The number of carbonyl (C=O) groups is 3. The van der Waals surface area contributed by atoms with Crippen LogP contribution in [0.25, 0.3) is 0 Å². The van der Waals surface area contributed by atoms with Gasteiger partial charge in [-0.1, -0.05) is 18.2 Å². The number of amides is 2. The van der Waals surface area contributed by atoms with E-state index in [1.807, 2.05) is 0 Å². The lowest BCUT2D eigenvalue weighted by Gasteiger charge is -2.23. The molecule has 1 aliphatic rings. The molecule has 10 nitrogen and oxygen atoms in total. The zero-order valence-corrected chi connectivity index (χ0v) is 13.7. The van der Waals surface area contributed by atoms with E-state index in [2.05, 4.69) is 5.32 Å². The SMILES string of the molecule is CC1(C(=O)O)C=CC=C(C(=O)O)C1.NC(=O)Nc1ccc([N+](=O)[O-])cc1. The molecule has 10 heteroatoms. The van der Waals surface area contributed by atoms with Crippen molar-refractivity contribution in [1.82, 2.24) is 0 Å². The lowest BCUT2D eigenvalue weighted by atomic mass is 9.80. The maximum Gasteiger partial charge on any atom is 0.331 e. The number of aliphatic carboxylic acids is 2. The Bertz CT molecular complexity index is 784. The van der Waals surface area contributed by atoms with Gasteiger partial charge in [0.2, 0.25) is 0 Å². The number of allylic oxidation sites excluding steroid dienone is 2. The standard InChI is InChI=1S/C9H10O4.C7H7N3O3/c1-9(8(12)13)4-2-3-6(5-9)7(10)11;8-7(11)9-5-1-3-6(4-2-5)10(12)13/h2-4H,5H2,1H3,(H,10,11)(H,12,13);1-4H,(H3,8,9,11). The summed E-state index contributed by atoms with van der Waals surface area (Å²) >= 11 is 0. The van der Waals surface area contributed by atoms with E-state index in [1.165, 1.54) is 49.4 Å². The van der Waals surface area contributed by atoms with Gasteiger partial charge in [0.1, 0.15) is 0 Å². The normalized spacial score (nSPS) is 18.0. The number of nitrogens with zero attached hydrogens (tertiary/aromatic N) is 1. The fourth-order valence-corrected chi connectivity index (χ4v) is 1.99. The molecule has 1 aliphatic carbocycles. The number of primary amides is 1. The number of carboxylic acids is 2. The number of nitrogens with one attached hydrogen (secondary N) is 1. The van der Waals surface area contributed by atoms with Gasteiger partial charge in [-0.2, -0.15) is 0 Å². The van der Waals surface area contributed by atoms with Crippen LogP contribution in [0.2, 0.25) is 0 Å². The van der Waals surface area contributed by atoms with Crippen molar-refractivity contribution in [2.75, 3.05) is 5.32 Å². The molecule has 2 rings (SSSR count). The zero-order chi connectivity index (χ0) is 19.9. The third-order valence-electron chi connectivity index (χ3n) is 3.43. The summed E-state index contributed by atoms with van der Waals surface area (Å²) in [7, 11) is 0. The summed E-state index contributed by atoms with van der Waals surface area (Å²) < 4.78 is 0. The predicted octanol–water partition coefficient (Wildman–Crippen LogP) is 2.13. The van der Waals surface area contributed by atoms with Crippen molar-refractivity contribution in [2.45, 2.75) is 13.3 Å². The Morgan fingerprint density at radius 3 is 2.23 bits per heavy atom. The van der Waals surface area contributed by atoms with E-state index in [1.54, 1.807) is 0 Å². The fourth-order valence-electron chi connectivity index (χ4n) is 1.99. The lowest BCUT2D eigenvalue weighted by molar-refractivity contribution is -0.384. The number of carbonyl (C=O) groups excluding carboxylic acids is 1. The fraction of sp³-hybridized carbons (Fsp3) is 0.188. The maximum atomic E-state index is 10.8. The Morgan fingerprint density at radius 1 is 1.23 bits per heavy atom. The third kappa shape index (κ3) is 5.74. The van der Waals surface area contributed by atoms with E-state index < -0.39 is 28.3 Å². The summed E-state index contributed by atoms with van der Waals surface area (Å²) in [6, 6.07) is 4.68. The van der Waals surface area contributed by atoms with Crippen LogP contribution >= 0.6 is 0 Å². The monoisotopic (exact) mass is 363 g/mol. The number of hydrogen-bond donors (Lipinski definition) is 4. The van der Waals surface area contributed by atoms with Gasteiger partial charge in [0.15, 0.2) is 0 Å². The van der Waals surface area contributed by atoms with E-state index >= 15 is 0 Å². The van der Waals surface area contributed by atoms with E-state index in [0.717, 1.165) is 0 Å². The van der Waals surface area contributed by atoms with Gasteiger partial charge in [0.25, 0.3) is 5.69 Å². The average Bonchev–Trinajstić information content (AvgIpc) is 2.55. The molecule has 0 saturated heterocycles. The molecule has 0 fully saturated rings. The second-order valence-electron chi connectivity index (χ2n) is 5.55. The third-order valence-corrected chi connectivity index (χ3v) is 3.43. The van der Waals surface area contributed by atoms with Crippen LogP contribution in [-0.4, -0.2) is 33.1 Å². The van der Waals surface area contributed by atoms with Crippen LogP contribution in [0.1, 0.15) is 13.3 Å². The topological polar surface area (TPSA) is 173 Å². The lowest BCUT2D eigenvalue weighted by Crippen LogP contribution is -2.28. The van der Waals surface area contributed by atoms with Gasteiger partial charge in [0, 0.05) is 23.4 Å². The molecule has 1 unspecified atom stereocenters. The molecule has 5 N–H and O–H groups in total. The van der Waals surface area contributed by atoms with Gasteiger partial charge in [-0.3, -0.25) is 14.9 Å². The van der Waals surface area contributed by atoms with E-state index in [-0.39, 0.29) is 17.7 Å². The number of hydrogen-bond acceptors (Lipinski definition) is 5. The summed E-state index contributed by atoms with van der Waals surface area (Å²) in [6.45, 7) is 1.50. The molecule has 0 spiro atoms. The average molecular weight is 363 g/mol.